The summed E-state index contributed by atoms with van der Waals surface area (Å²) in [6, 6.07) is 20.9. The molecule has 0 spiro atoms. The van der Waals surface area contributed by atoms with Gasteiger partial charge < -0.3 is 9.47 Å². The van der Waals surface area contributed by atoms with Crippen molar-refractivity contribution in [2.24, 2.45) is 0 Å². The van der Waals surface area contributed by atoms with Crippen LogP contribution < -0.4 is 9.47 Å². The molecule has 3 aromatic carbocycles. The summed E-state index contributed by atoms with van der Waals surface area (Å²) in [5.41, 5.74) is 1.12. The third-order valence-electron chi connectivity index (χ3n) is 3.28. The normalized spacial score (nSPS) is 10.0. The number of carbonyl (C=O) groups is 2. The standard InChI is InChI=1S/C20H14O4/c21-13-15-3-1-5-19(11-15)23-17-7-9-18(10-8-17)24-20-6-2-4-16(12-20)14-22/h1-14H. The van der Waals surface area contributed by atoms with Crippen LogP contribution in [-0.4, -0.2) is 12.6 Å². The zero-order valence-corrected chi connectivity index (χ0v) is 12.7. The SMILES string of the molecule is O=Cc1cccc(Oc2ccc(Oc3cccc(C=O)c3)cc2)c1. The number of benzene rings is 3. The van der Waals surface area contributed by atoms with Gasteiger partial charge in [-0.1, -0.05) is 24.3 Å². The van der Waals surface area contributed by atoms with Crippen LogP contribution in [0.2, 0.25) is 0 Å². The molecule has 4 nitrogen and oxygen atoms in total. The molecule has 3 aromatic rings. The second-order valence-corrected chi connectivity index (χ2v) is 5.06. The van der Waals surface area contributed by atoms with Crippen LogP contribution in [0, 0.1) is 0 Å². The lowest BCUT2D eigenvalue weighted by molar-refractivity contribution is 0.111. The van der Waals surface area contributed by atoms with E-state index in [0.29, 0.717) is 34.1 Å². The Kier molecular flexibility index (Phi) is 4.68. The molecule has 0 bridgehead atoms. The molecule has 0 aliphatic heterocycles. The van der Waals surface area contributed by atoms with Gasteiger partial charge in [-0.15, -0.1) is 0 Å². The van der Waals surface area contributed by atoms with E-state index in [0.717, 1.165) is 12.6 Å². The molecule has 0 aliphatic rings. The van der Waals surface area contributed by atoms with Crippen LogP contribution in [0.15, 0.2) is 72.8 Å². The van der Waals surface area contributed by atoms with Crippen LogP contribution in [0.4, 0.5) is 0 Å². The first-order chi connectivity index (χ1) is 11.8. The summed E-state index contributed by atoms with van der Waals surface area (Å²) in [6.07, 6.45) is 1.55. The Morgan fingerprint density at radius 2 is 0.958 bits per heavy atom. The lowest BCUT2D eigenvalue weighted by Crippen LogP contribution is -1.88. The fourth-order valence-corrected chi connectivity index (χ4v) is 2.15. The highest BCUT2D eigenvalue weighted by atomic mass is 16.5. The highest BCUT2D eigenvalue weighted by molar-refractivity contribution is 5.76. The van der Waals surface area contributed by atoms with Gasteiger partial charge in [-0.05, 0) is 48.5 Å². The van der Waals surface area contributed by atoms with E-state index >= 15 is 0 Å². The zero-order valence-electron chi connectivity index (χ0n) is 12.7. The van der Waals surface area contributed by atoms with Gasteiger partial charge in [0, 0.05) is 11.1 Å². The van der Waals surface area contributed by atoms with Crippen LogP contribution in [0.3, 0.4) is 0 Å². The van der Waals surface area contributed by atoms with Crippen LogP contribution in [0.25, 0.3) is 0 Å². The maximum atomic E-state index is 10.8. The highest BCUT2D eigenvalue weighted by Crippen LogP contribution is 2.27. The Hall–Kier alpha value is -3.40. The maximum Gasteiger partial charge on any atom is 0.150 e. The lowest BCUT2D eigenvalue weighted by Gasteiger charge is -2.09. The molecule has 24 heavy (non-hydrogen) atoms. The van der Waals surface area contributed by atoms with E-state index in [9.17, 15) is 9.59 Å². The van der Waals surface area contributed by atoms with E-state index in [2.05, 4.69) is 0 Å². The summed E-state index contributed by atoms with van der Waals surface area (Å²) in [5.74, 6) is 2.44. The van der Waals surface area contributed by atoms with E-state index in [1.807, 2.05) is 0 Å². The molecule has 4 heteroatoms. The number of aldehydes is 2. The van der Waals surface area contributed by atoms with Crippen molar-refractivity contribution in [3.63, 3.8) is 0 Å². The van der Waals surface area contributed by atoms with Gasteiger partial charge in [0.1, 0.15) is 35.6 Å². The molecule has 0 aromatic heterocycles. The van der Waals surface area contributed by atoms with Gasteiger partial charge in [-0.2, -0.15) is 0 Å². The van der Waals surface area contributed by atoms with Crippen molar-refractivity contribution in [2.75, 3.05) is 0 Å². The second-order valence-electron chi connectivity index (χ2n) is 5.06. The van der Waals surface area contributed by atoms with Gasteiger partial charge in [0.25, 0.3) is 0 Å². The minimum atomic E-state index is 0.558. The third kappa shape index (κ3) is 3.87. The third-order valence-corrected chi connectivity index (χ3v) is 3.28. The predicted molar refractivity (Wildman–Crippen MR) is 90.2 cm³/mol. The second kappa shape index (κ2) is 7.24. The number of ether oxygens (including phenoxy) is 2. The predicted octanol–water partition coefficient (Wildman–Crippen LogP) is 4.90. The molecular formula is C20H14O4. The molecule has 0 atom stereocenters. The summed E-state index contributed by atoms with van der Waals surface area (Å²) in [4.78, 5) is 21.6. The van der Waals surface area contributed by atoms with Crippen molar-refractivity contribution < 1.29 is 19.1 Å². The van der Waals surface area contributed by atoms with Crippen molar-refractivity contribution in [1.82, 2.24) is 0 Å². The molecule has 0 unspecified atom stereocenters. The van der Waals surface area contributed by atoms with Crippen LogP contribution in [-0.2, 0) is 0 Å². The first-order valence-corrected chi connectivity index (χ1v) is 7.33. The van der Waals surface area contributed by atoms with Crippen LogP contribution >= 0.6 is 0 Å². The van der Waals surface area contributed by atoms with Crippen molar-refractivity contribution in [3.05, 3.63) is 83.9 Å². The summed E-state index contributed by atoms with van der Waals surface area (Å²) in [6.45, 7) is 0. The largest absolute Gasteiger partial charge is 0.457 e. The average Bonchev–Trinajstić information content (AvgIpc) is 2.64. The molecule has 0 N–H and O–H groups in total. The Balaban J connectivity index is 1.70. The summed E-state index contributed by atoms with van der Waals surface area (Å²) < 4.78 is 11.4. The highest BCUT2D eigenvalue weighted by Gasteiger charge is 2.02. The first kappa shape index (κ1) is 15.5. The van der Waals surface area contributed by atoms with E-state index in [4.69, 9.17) is 9.47 Å². The molecular weight excluding hydrogens is 304 g/mol. The van der Waals surface area contributed by atoms with Crippen molar-refractivity contribution in [2.45, 2.75) is 0 Å². The Labute approximate surface area is 139 Å². The molecule has 0 radical (unpaired) electrons. The molecule has 0 saturated carbocycles. The summed E-state index contributed by atoms with van der Waals surface area (Å²) in [5, 5.41) is 0. The van der Waals surface area contributed by atoms with Crippen molar-refractivity contribution >= 4 is 12.6 Å². The minimum absolute atomic E-state index is 0.558. The van der Waals surface area contributed by atoms with Crippen molar-refractivity contribution in [1.29, 1.82) is 0 Å². The lowest BCUT2D eigenvalue weighted by atomic mass is 10.2. The minimum Gasteiger partial charge on any atom is -0.457 e. The quantitative estimate of drug-likeness (QED) is 0.607. The Morgan fingerprint density at radius 1 is 0.542 bits per heavy atom. The fourth-order valence-electron chi connectivity index (χ4n) is 2.15. The van der Waals surface area contributed by atoms with E-state index in [-0.39, 0.29) is 0 Å². The molecule has 0 heterocycles. The number of rotatable bonds is 6. The first-order valence-electron chi connectivity index (χ1n) is 7.33. The molecule has 0 saturated heterocycles. The topological polar surface area (TPSA) is 52.6 Å². The fraction of sp³-hybridized carbons (Fsp3) is 0. The van der Waals surface area contributed by atoms with Crippen molar-refractivity contribution in [3.8, 4) is 23.0 Å². The van der Waals surface area contributed by atoms with Gasteiger partial charge >= 0.3 is 0 Å². The molecule has 0 amide bonds. The molecule has 118 valence electrons. The maximum absolute atomic E-state index is 10.8. The molecule has 0 aliphatic carbocycles. The Bertz CT molecular complexity index is 781. The molecule has 0 fully saturated rings. The number of hydrogen-bond donors (Lipinski definition) is 0. The van der Waals surface area contributed by atoms with Gasteiger partial charge in [0.2, 0.25) is 0 Å². The smallest absolute Gasteiger partial charge is 0.150 e. The van der Waals surface area contributed by atoms with Gasteiger partial charge in [-0.25, -0.2) is 0 Å². The van der Waals surface area contributed by atoms with E-state index in [1.54, 1.807) is 72.8 Å². The number of hydrogen-bond acceptors (Lipinski definition) is 4. The average molecular weight is 318 g/mol. The number of carbonyl (C=O) groups excluding carboxylic acids is 2. The summed E-state index contributed by atoms with van der Waals surface area (Å²) >= 11 is 0. The Morgan fingerprint density at radius 3 is 1.33 bits per heavy atom. The van der Waals surface area contributed by atoms with Gasteiger partial charge in [0.05, 0.1) is 0 Å². The van der Waals surface area contributed by atoms with Gasteiger partial charge in [-0.3, -0.25) is 9.59 Å². The van der Waals surface area contributed by atoms with Crippen LogP contribution in [0.1, 0.15) is 20.7 Å². The summed E-state index contributed by atoms with van der Waals surface area (Å²) in [7, 11) is 0. The van der Waals surface area contributed by atoms with E-state index < -0.39 is 0 Å². The van der Waals surface area contributed by atoms with E-state index in [1.165, 1.54) is 0 Å². The van der Waals surface area contributed by atoms with Crippen LogP contribution in [0.5, 0.6) is 23.0 Å². The zero-order chi connectivity index (χ0) is 16.8. The monoisotopic (exact) mass is 318 g/mol. The van der Waals surface area contributed by atoms with Gasteiger partial charge in [0.15, 0.2) is 0 Å². The molecule has 3 rings (SSSR count).